The molecule has 3 rings (SSSR count). The minimum absolute atomic E-state index is 0.0655. The topological polar surface area (TPSA) is 86.8 Å². The van der Waals surface area contributed by atoms with Gasteiger partial charge in [0, 0.05) is 18.3 Å². The minimum atomic E-state index is -3.60. The van der Waals surface area contributed by atoms with Gasteiger partial charge in [-0.25, -0.2) is 8.42 Å². The van der Waals surface area contributed by atoms with Crippen LogP contribution in [0.3, 0.4) is 0 Å². The average Bonchev–Trinajstić information content (AvgIpc) is 3.08. The van der Waals surface area contributed by atoms with Gasteiger partial charge < -0.3 is 5.32 Å². The zero-order chi connectivity index (χ0) is 19.8. The molecule has 0 unspecified atom stereocenters. The summed E-state index contributed by atoms with van der Waals surface area (Å²) in [6.45, 7) is 3.26. The molecule has 1 saturated carbocycles. The van der Waals surface area contributed by atoms with E-state index in [9.17, 15) is 18.0 Å². The smallest absolute Gasteiger partial charge is 0.247 e. The number of amides is 2. The molecule has 0 radical (unpaired) electrons. The van der Waals surface area contributed by atoms with Gasteiger partial charge in [-0.05, 0) is 38.8 Å². The van der Waals surface area contributed by atoms with Crippen molar-refractivity contribution < 1.29 is 18.0 Å². The van der Waals surface area contributed by atoms with E-state index in [1.54, 1.807) is 19.1 Å². The molecule has 0 aromatic heterocycles. The van der Waals surface area contributed by atoms with Crippen LogP contribution in [0.25, 0.3) is 0 Å². The second-order valence-electron chi connectivity index (χ2n) is 7.82. The molecule has 0 bridgehead atoms. The number of rotatable bonds is 4. The quantitative estimate of drug-likeness (QED) is 0.838. The molecular weight excluding hydrogens is 366 g/mol. The summed E-state index contributed by atoms with van der Waals surface area (Å²) in [5.74, 6) is -0.712. The van der Waals surface area contributed by atoms with E-state index in [-0.39, 0.29) is 25.0 Å². The number of anilines is 1. The van der Waals surface area contributed by atoms with Crippen molar-refractivity contribution in [1.29, 1.82) is 0 Å². The zero-order valence-electron chi connectivity index (χ0n) is 16.1. The van der Waals surface area contributed by atoms with Crippen LogP contribution in [0.4, 0.5) is 5.69 Å². The van der Waals surface area contributed by atoms with Gasteiger partial charge in [0.15, 0.2) is 0 Å². The van der Waals surface area contributed by atoms with Crippen LogP contribution < -0.4 is 10.2 Å². The second-order valence-corrected chi connectivity index (χ2v) is 9.81. The van der Waals surface area contributed by atoms with E-state index in [0.717, 1.165) is 41.8 Å². The minimum Gasteiger partial charge on any atom is -0.351 e. The van der Waals surface area contributed by atoms with E-state index in [1.165, 1.54) is 4.90 Å². The molecule has 1 aliphatic heterocycles. The van der Waals surface area contributed by atoms with Gasteiger partial charge >= 0.3 is 0 Å². The standard InChI is InChI=1S/C19H27N3O4S/c1-14-8-10-16(11-9-14)22-17(23)12-21(27(3,25)26)13-19(22,2)18(24)20-15-6-4-5-7-15/h8-11,15H,4-7,12-13H2,1-3H3,(H,20,24)/t19-/m1/s1. The average molecular weight is 394 g/mol. The Kier molecular flexibility index (Phi) is 5.31. The van der Waals surface area contributed by atoms with Gasteiger partial charge in [0.2, 0.25) is 21.8 Å². The van der Waals surface area contributed by atoms with Gasteiger partial charge in [-0.1, -0.05) is 30.5 Å². The summed E-state index contributed by atoms with van der Waals surface area (Å²) in [4.78, 5) is 27.6. The van der Waals surface area contributed by atoms with Gasteiger partial charge in [-0.2, -0.15) is 4.31 Å². The summed E-state index contributed by atoms with van der Waals surface area (Å²) < 4.78 is 25.3. The highest BCUT2D eigenvalue weighted by Crippen LogP contribution is 2.31. The molecule has 1 saturated heterocycles. The summed E-state index contributed by atoms with van der Waals surface area (Å²) in [6, 6.07) is 7.43. The Balaban J connectivity index is 1.98. The Morgan fingerprint density at radius 1 is 1.19 bits per heavy atom. The van der Waals surface area contributed by atoms with Crippen molar-refractivity contribution in [2.45, 2.75) is 51.1 Å². The van der Waals surface area contributed by atoms with Gasteiger partial charge in [-0.15, -0.1) is 0 Å². The van der Waals surface area contributed by atoms with Crippen molar-refractivity contribution in [2.24, 2.45) is 0 Å². The maximum Gasteiger partial charge on any atom is 0.247 e. The van der Waals surface area contributed by atoms with Crippen molar-refractivity contribution in [3.8, 4) is 0 Å². The lowest BCUT2D eigenvalue weighted by Crippen LogP contribution is -2.70. The SMILES string of the molecule is Cc1ccc(N2C(=O)CN(S(C)(=O)=O)C[C@]2(C)C(=O)NC2CCCC2)cc1. The number of benzene rings is 1. The Hall–Kier alpha value is -1.93. The van der Waals surface area contributed by atoms with Gasteiger partial charge in [0.1, 0.15) is 5.54 Å². The van der Waals surface area contributed by atoms with Gasteiger partial charge in [0.05, 0.1) is 12.8 Å². The maximum atomic E-state index is 13.2. The molecule has 7 nitrogen and oxygen atoms in total. The molecule has 1 N–H and O–H groups in total. The Labute approximate surface area is 160 Å². The fourth-order valence-corrected chi connectivity index (χ4v) is 4.74. The summed E-state index contributed by atoms with van der Waals surface area (Å²) in [6.07, 6.45) is 5.03. The molecule has 2 aliphatic rings. The molecular formula is C19H27N3O4S. The predicted octanol–water partition coefficient (Wildman–Crippen LogP) is 1.42. The van der Waals surface area contributed by atoms with Crippen molar-refractivity contribution in [1.82, 2.24) is 9.62 Å². The van der Waals surface area contributed by atoms with Crippen LogP contribution in [-0.4, -0.2) is 55.5 Å². The first-order valence-corrected chi connectivity index (χ1v) is 11.1. The molecule has 0 spiro atoms. The van der Waals surface area contributed by atoms with Crippen molar-refractivity contribution in [2.75, 3.05) is 24.2 Å². The molecule has 1 aliphatic carbocycles. The molecule has 1 aromatic carbocycles. The summed E-state index contributed by atoms with van der Waals surface area (Å²) in [5.41, 5.74) is 0.330. The van der Waals surface area contributed by atoms with Crippen LogP contribution in [0, 0.1) is 6.92 Å². The third-order valence-corrected chi connectivity index (χ3v) is 6.68. The number of piperazine rings is 1. The van der Waals surface area contributed by atoms with Gasteiger partial charge in [0.25, 0.3) is 0 Å². The molecule has 148 valence electrons. The largest absolute Gasteiger partial charge is 0.351 e. The Bertz CT molecular complexity index is 831. The van der Waals surface area contributed by atoms with Crippen molar-refractivity contribution in [3.63, 3.8) is 0 Å². The highest BCUT2D eigenvalue weighted by molar-refractivity contribution is 7.88. The van der Waals surface area contributed by atoms with Crippen LogP contribution in [0.1, 0.15) is 38.2 Å². The summed E-state index contributed by atoms with van der Waals surface area (Å²) in [5, 5.41) is 3.04. The molecule has 1 heterocycles. The van der Waals surface area contributed by atoms with Crippen LogP contribution in [0.5, 0.6) is 0 Å². The number of hydrogen-bond donors (Lipinski definition) is 1. The van der Waals surface area contributed by atoms with Crippen LogP contribution in [-0.2, 0) is 19.6 Å². The number of nitrogens with zero attached hydrogens (tertiary/aromatic N) is 2. The second kappa shape index (κ2) is 7.24. The third-order valence-electron chi connectivity index (χ3n) is 5.48. The maximum absolute atomic E-state index is 13.2. The first-order valence-electron chi connectivity index (χ1n) is 9.27. The predicted molar refractivity (Wildman–Crippen MR) is 104 cm³/mol. The van der Waals surface area contributed by atoms with E-state index >= 15 is 0 Å². The Morgan fingerprint density at radius 3 is 2.33 bits per heavy atom. The fourth-order valence-electron chi connectivity index (χ4n) is 3.91. The number of sulfonamides is 1. The number of carbonyl (C=O) groups is 2. The highest BCUT2D eigenvalue weighted by atomic mass is 32.2. The molecule has 27 heavy (non-hydrogen) atoms. The molecule has 2 fully saturated rings. The summed E-state index contributed by atoms with van der Waals surface area (Å²) in [7, 11) is -3.60. The fraction of sp³-hybridized carbons (Fsp3) is 0.579. The molecule has 1 atom stereocenters. The third kappa shape index (κ3) is 4.01. The van der Waals surface area contributed by atoms with E-state index in [1.807, 2.05) is 19.1 Å². The molecule has 1 aromatic rings. The summed E-state index contributed by atoms with van der Waals surface area (Å²) >= 11 is 0. The first-order chi connectivity index (χ1) is 12.6. The molecule has 8 heteroatoms. The molecule has 2 amide bonds. The lowest BCUT2D eigenvalue weighted by Gasteiger charge is -2.46. The number of aryl methyl sites for hydroxylation is 1. The normalized spacial score (nSPS) is 25.0. The van der Waals surface area contributed by atoms with E-state index in [2.05, 4.69) is 5.32 Å². The van der Waals surface area contributed by atoms with Crippen LogP contribution in [0.15, 0.2) is 24.3 Å². The van der Waals surface area contributed by atoms with Crippen molar-refractivity contribution >= 4 is 27.5 Å². The van der Waals surface area contributed by atoms with E-state index in [0.29, 0.717) is 5.69 Å². The lowest BCUT2D eigenvalue weighted by molar-refractivity contribution is -0.133. The number of carbonyl (C=O) groups excluding carboxylic acids is 2. The van der Waals surface area contributed by atoms with Crippen LogP contribution >= 0.6 is 0 Å². The van der Waals surface area contributed by atoms with Gasteiger partial charge in [-0.3, -0.25) is 14.5 Å². The first kappa shape index (κ1) is 19.8. The van der Waals surface area contributed by atoms with Crippen molar-refractivity contribution in [3.05, 3.63) is 29.8 Å². The van der Waals surface area contributed by atoms with E-state index < -0.39 is 21.5 Å². The van der Waals surface area contributed by atoms with E-state index in [4.69, 9.17) is 0 Å². The monoisotopic (exact) mass is 393 g/mol. The Morgan fingerprint density at radius 2 is 1.78 bits per heavy atom. The van der Waals surface area contributed by atoms with Crippen LogP contribution in [0.2, 0.25) is 0 Å². The number of hydrogen-bond acceptors (Lipinski definition) is 4. The number of nitrogens with one attached hydrogen (secondary N) is 1. The zero-order valence-corrected chi connectivity index (χ0v) is 16.9. The highest BCUT2D eigenvalue weighted by Gasteiger charge is 2.50. The lowest BCUT2D eigenvalue weighted by atomic mass is 9.93.